The van der Waals surface area contributed by atoms with E-state index >= 15 is 0 Å². The molecule has 0 atom stereocenters. The fourth-order valence-electron chi connectivity index (χ4n) is 3.15. The Hall–Kier alpha value is -3.45. The van der Waals surface area contributed by atoms with Crippen LogP contribution in [0.2, 0.25) is 0 Å². The predicted octanol–water partition coefficient (Wildman–Crippen LogP) is 3.75. The van der Waals surface area contributed by atoms with Gasteiger partial charge in [0.05, 0.1) is 4.90 Å². The Morgan fingerprint density at radius 3 is 2.23 bits per heavy atom. The predicted molar refractivity (Wildman–Crippen MR) is 122 cm³/mol. The second-order valence-corrected chi connectivity index (χ2v) is 8.62. The molecule has 0 saturated carbocycles. The molecule has 0 aliphatic rings. The number of anilines is 2. The number of rotatable bonds is 6. The van der Waals surface area contributed by atoms with Crippen molar-refractivity contribution in [1.82, 2.24) is 0 Å². The number of aromatic hydroxyl groups is 1. The van der Waals surface area contributed by atoms with Crippen LogP contribution < -0.4 is 15.5 Å². The van der Waals surface area contributed by atoms with Gasteiger partial charge >= 0.3 is 0 Å². The number of hydrogen-bond donors (Lipinski definition) is 3. The lowest BCUT2D eigenvalue weighted by molar-refractivity contribution is 0.469. The third kappa shape index (κ3) is 4.41. The van der Waals surface area contributed by atoms with Crippen molar-refractivity contribution in [3.05, 3.63) is 90.5 Å². The van der Waals surface area contributed by atoms with Crippen molar-refractivity contribution in [2.45, 2.75) is 11.4 Å². The van der Waals surface area contributed by atoms with Crippen molar-refractivity contribution in [1.29, 1.82) is 0 Å². The normalized spacial score (nSPS) is 11.3. The van der Waals surface area contributed by atoms with E-state index in [-0.39, 0.29) is 10.6 Å². The minimum absolute atomic E-state index is 0.112. The van der Waals surface area contributed by atoms with Crippen LogP contribution in [0.5, 0.6) is 5.75 Å². The lowest BCUT2D eigenvalue weighted by atomic mass is 9.94. The molecule has 0 heterocycles. The molecule has 148 valence electrons. The molecule has 7 heteroatoms. The van der Waals surface area contributed by atoms with Gasteiger partial charge in [0.25, 0.3) is 10.0 Å². The Morgan fingerprint density at radius 1 is 0.800 bits per heavy atom. The summed E-state index contributed by atoms with van der Waals surface area (Å²) in [5, 5.41) is 15.1. The highest BCUT2D eigenvalue weighted by molar-refractivity contribution is 7.92. The zero-order valence-corrected chi connectivity index (χ0v) is 16.9. The van der Waals surface area contributed by atoms with Crippen LogP contribution in [0.1, 0.15) is 5.56 Å². The summed E-state index contributed by atoms with van der Waals surface area (Å²) in [6.45, 7) is 0.382. The summed E-state index contributed by atoms with van der Waals surface area (Å²) in [5.74, 6) is 0.112. The lowest BCUT2D eigenvalue weighted by Crippen LogP contribution is -2.13. The molecule has 5 nitrogen and oxygen atoms in total. The summed E-state index contributed by atoms with van der Waals surface area (Å²) in [7, 11) is 1.92. The first-order valence-corrected chi connectivity index (χ1v) is 10.8. The number of fused-ring (bicyclic) bond motifs is 1. The molecular weight excluding hydrogens is 395 g/mol. The highest BCUT2D eigenvalue weighted by atomic mass is 32.2. The van der Waals surface area contributed by atoms with Gasteiger partial charge in [0, 0.05) is 23.5 Å². The van der Waals surface area contributed by atoms with Crippen LogP contribution in [-0.2, 0) is 16.6 Å². The van der Waals surface area contributed by atoms with Crippen molar-refractivity contribution in [3.63, 3.8) is 0 Å². The Bertz CT molecular complexity index is 1310. The largest absolute Gasteiger partial charge is 0.508 e. The summed E-state index contributed by atoms with van der Waals surface area (Å²) < 4.78 is 28.1. The van der Waals surface area contributed by atoms with Gasteiger partial charge in [0.2, 0.25) is 0 Å². The summed E-state index contributed by atoms with van der Waals surface area (Å²) in [6, 6.07) is 24.6. The smallest absolute Gasteiger partial charge is 0.261 e. The second kappa shape index (κ2) is 8.12. The van der Waals surface area contributed by atoms with Crippen molar-refractivity contribution in [2.75, 3.05) is 10.0 Å². The molecule has 0 spiro atoms. The summed E-state index contributed by atoms with van der Waals surface area (Å²) >= 11 is 0. The number of phenols is 1. The lowest BCUT2D eigenvalue weighted by Gasteiger charge is -2.11. The Balaban J connectivity index is 1.46. The van der Waals surface area contributed by atoms with E-state index in [4.69, 9.17) is 7.85 Å². The Morgan fingerprint density at radius 2 is 1.50 bits per heavy atom. The molecule has 0 aliphatic heterocycles. The van der Waals surface area contributed by atoms with E-state index in [2.05, 4.69) is 10.0 Å². The molecule has 0 fully saturated rings. The molecule has 0 aromatic heterocycles. The van der Waals surface area contributed by atoms with E-state index in [0.29, 0.717) is 23.3 Å². The first-order valence-electron chi connectivity index (χ1n) is 9.34. The summed E-state index contributed by atoms with van der Waals surface area (Å²) in [5.41, 5.74) is 2.43. The third-order valence-electron chi connectivity index (χ3n) is 4.76. The van der Waals surface area contributed by atoms with Gasteiger partial charge in [-0.05, 0) is 53.2 Å². The van der Waals surface area contributed by atoms with Gasteiger partial charge in [-0.25, -0.2) is 8.42 Å². The maximum atomic E-state index is 12.7. The van der Waals surface area contributed by atoms with Gasteiger partial charge in [0.1, 0.15) is 13.6 Å². The monoisotopic (exact) mass is 414 g/mol. The van der Waals surface area contributed by atoms with Crippen LogP contribution in [0.25, 0.3) is 10.8 Å². The Labute approximate surface area is 176 Å². The summed E-state index contributed by atoms with van der Waals surface area (Å²) in [6.07, 6.45) is 0. The van der Waals surface area contributed by atoms with Crippen LogP contribution in [0.4, 0.5) is 11.4 Å². The molecule has 4 aromatic rings. The maximum absolute atomic E-state index is 12.7. The molecule has 2 radical (unpaired) electrons. The molecule has 30 heavy (non-hydrogen) atoms. The fraction of sp³-hybridized carbons (Fsp3) is 0.0435. The van der Waals surface area contributed by atoms with E-state index in [1.807, 2.05) is 36.4 Å². The molecule has 0 unspecified atom stereocenters. The molecular formula is C23H19BN2O3S. The van der Waals surface area contributed by atoms with Crippen LogP contribution in [0.3, 0.4) is 0 Å². The van der Waals surface area contributed by atoms with E-state index < -0.39 is 10.0 Å². The van der Waals surface area contributed by atoms with E-state index in [9.17, 15) is 13.5 Å². The van der Waals surface area contributed by atoms with E-state index in [1.165, 1.54) is 18.2 Å². The van der Waals surface area contributed by atoms with Gasteiger partial charge in [-0.1, -0.05) is 47.9 Å². The van der Waals surface area contributed by atoms with Gasteiger partial charge in [-0.15, -0.1) is 0 Å². The zero-order chi connectivity index (χ0) is 21.1. The standard InChI is InChI=1S/C23H19BN2O3S/c24-19-7-5-18(23(27)14-19)15-25-20-9-11-22(12-10-20)30(28,29)26-21-8-6-16-3-1-2-4-17(16)13-21/h1-14,25-27H,15H2. The molecule has 3 N–H and O–H groups in total. The first kappa shape index (κ1) is 19.9. The number of benzene rings is 4. The minimum Gasteiger partial charge on any atom is -0.508 e. The van der Waals surface area contributed by atoms with Crippen LogP contribution >= 0.6 is 0 Å². The SMILES string of the molecule is [B]c1ccc(CNc2ccc(S(=O)(=O)Nc3ccc4ccccc4c3)cc2)c(O)c1. The fourth-order valence-corrected chi connectivity index (χ4v) is 4.20. The van der Waals surface area contributed by atoms with Crippen molar-refractivity contribution in [2.24, 2.45) is 0 Å². The van der Waals surface area contributed by atoms with Crippen molar-refractivity contribution in [3.8, 4) is 5.75 Å². The quantitative estimate of drug-likeness (QED) is 0.420. The zero-order valence-electron chi connectivity index (χ0n) is 16.0. The topological polar surface area (TPSA) is 78.4 Å². The number of nitrogens with one attached hydrogen (secondary N) is 2. The highest BCUT2D eigenvalue weighted by Crippen LogP contribution is 2.23. The average Bonchev–Trinajstić information content (AvgIpc) is 2.73. The van der Waals surface area contributed by atoms with Crippen molar-refractivity contribution >= 4 is 45.5 Å². The molecule has 4 aromatic carbocycles. The van der Waals surface area contributed by atoms with Gasteiger partial charge in [-0.2, -0.15) is 0 Å². The minimum atomic E-state index is -3.71. The molecule has 4 rings (SSSR count). The summed E-state index contributed by atoms with van der Waals surface area (Å²) in [4.78, 5) is 0.163. The van der Waals surface area contributed by atoms with Crippen LogP contribution in [0, 0.1) is 0 Å². The van der Waals surface area contributed by atoms with E-state index in [0.717, 1.165) is 16.5 Å². The first-order chi connectivity index (χ1) is 14.4. The van der Waals surface area contributed by atoms with Gasteiger partial charge in [0.15, 0.2) is 0 Å². The second-order valence-electron chi connectivity index (χ2n) is 6.93. The number of sulfonamides is 1. The molecule has 0 saturated heterocycles. The molecule has 0 amide bonds. The van der Waals surface area contributed by atoms with E-state index in [1.54, 1.807) is 30.3 Å². The highest BCUT2D eigenvalue weighted by Gasteiger charge is 2.14. The maximum Gasteiger partial charge on any atom is 0.261 e. The number of hydrogen-bond acceptors (Lipinski definition) is 4. The van der Waals surface area contributed by atoms with Gasteiger partial charge in [-0.3, -0.25) is 4.72 Å². The van der Waals surface area contributed by atoms with Crippen molar-refractivity contribution < 1.29 is 13.5 Å². The number of phenolic OH excluding ortho intramolecular Hbond substituents is 1. The Kier molecular flexibility index (Phi) is 5.38. The van der Waals surface area contributed by atoms with Crippen LogP contribution in [-0.4, -0.2) is 21.4 Å². The average molecular weight is 414 g/mol. The molecule has 0 bridgehead atoms. The van der Waals surface area contributed by atoms with Gasteiger partial charge < -0.3 is 10.4 Å². The third-order valence-corrected chi connectivity index (χ3v) is 6.16. The molecule has 0 aliphatic carbocycles. The van der Waals surface area contributed by atoms with Crippen LogP contribution in [0.15, 0.2) is 89.8 Å².